The third kappa shape index (κ3) is 3.95. The zero-order chi connectivity index (χ0) is 15.4. The van der Waals surface area contributed by atoms with Crippen LogP contribution >= 0.6 is 11.6 Å². The van der Waals surface area contributed by atoms with E-state index in [-0.39, 0.29) is 17.9 Å². The van der Waals surface area contributed by atoms with Gasteiger partial charge in [-0.2, -0.15) is 0 Å². The number of amides is 1. The van der Waals surface area contributed by atoms with Gasteiger partial charge in [-0.3, -0.25) is 4.79 Å². The number of piperidine rings is 1. The SMILES string of the molecule is CC1CC(C(=O)N[C@@H](C(=O)O)c2ccccc2Cl)CCN1. The van der Waals surface area contributed by atoms with Gasteiger partial charge in [0, 0.05) is 22.5 Å². The molecule has 1 saturated heterocycles. The van der Waals surface area contributed by atoms with Gasteiger partial charge >= 0.3 is 5.97 Å². The van der Waals surface area contributed by atoms with Gasteiger partial charge in [0.25, 0.3) is 0 Å². The van der Waals surface area contributed by atoms with Gasteiger partial charge in [-0.25, -0.2) is 4.79 Å². The van der Waals surface area contributed by atoms with Gasteiger partial charge in [-0.15, -0.1) is 0 Å². The fourth-order valence-electron chi connectivity index (χ4n) is 2.61. The first-order chi connectivity index (χ1) is 9.99. The molecule has 5 nitrogen and oxygen atoms in total. The number of carboxylic acid groups (broad SMARTS) is 1. The van der Waals surface area contributed by atoms with Crippen molar-refractivity contribution >= 4 is 23.5 Å². The van der Waals surface area contributed by atoms with E-state index < -0.39 is 12.0 Å². The molecule has 1 aromatic carbocycles. The zero-order valence-corrected chi connectivity index (χ0v) is 12.6. The Morgan fingerprint density at radius 1 is 1.43 bits per heavy atom. The molecule has 1 fully saturated rings. The van der Waals surface area contributed by atoms with Gasteiger partial charge in [0.05, 0.1) is 0 Å². The number of halogens is 1. The average Bonchev–Trinajstić information content (AvgIpc) is 2.45. The van der Waals surface area contributed by atoms with E-state index in [2.05, 4.69) is 10.6 Å². The molecule has 0 saturated carbocycles. The quantitative estimate of drug-likeness (QED) is 0.794. The Labute approximate surface area is 128 Å². The summed E-state index contributed by atoms with van der Waals surface area (Å²) in [5.74, 6) is -1.50. The summed E-state index contributed by atoms with van der Waals surface area (Å²) in [6.45, 7) is 2.78. The molecular weight excluding hydrogens is 292 g/mol. The molecule has 0 bridgehead atoms. The first-order valence-corrected chi connectivity index (χ1v) is 7.38. The average molecular weight is 311 g/mol. The maximum atomic E-state index is 12.3. The second kappa shape index (κ2) is 6.91. The standard InChI is InChI=1S/C15H19ClN2O3/c1-9-8-10(6-7-17-9)14(19)18-13(15(20)21)11-4-2-3-5-12(11)16/h2-5,9-10,13,17H,6-8H2,1H3,(H,18,19)(H,20,21)/t9?,10?,13-/m1/s1. The Balaban J connectivity index is 2.12. The fraction of sp³-hybridized carbons (Fsp3) is 0.467. The van der Waals surface area contributed by atoms with Crippen molar-refractivity contribution in [1.82, 2.24) is 10.6 Å². The molecule has 2 unspecified atom stereocenters. The van der Waals surface area contributed by atoms with Crippen LogP contribution in [0.25, 0.3) is 0 Å². The molecule has 1 amide bonds. The van der Waals surface area contributed by atoms with Crippen molar-refractivity contribution < 1.29 is 14.7 Å². The van der Waals surface area contributed by atoms with E-state index in [1.54, 1.807) is 24.3 Å². The van der Waals surface area contributed by atoms with Crippen molar-refractivity contribution in [2.75, 3.05) is 6.54 Å². The second-order valence-electron chi connectivity index (χ2n) is 5.38. The highest BCUT2D eigenvalue weighted by atomic mass is 35.5. The fourth-order valence-corrected chi connectivity index (χ4v) is 2.86. The molecule has 3 atom stereocenters. The Morgan fingerprint density at radius 2 is 2.14 bits per heavy atom. The maximum Gasteiger partial charge on any atom is 0.330 e. The Bertz CT molecular complexity index is 535. The number of benzene rings is 1. The van der Waals surface area contributed by atoms with E-state index in [0.29, 0.717) is 23.4 Å². The summed E-state index contributed by atoms with van der Waals surface area (Å²) in [5, 5.41) is 15.6. The lowest BCUT2D eigenvalue weighted by Gasteiger charge is -2.28. The largest absolute Gasteiger partial charge is 0.479 e. The summed E-state index contributed by atoms with van der Waals surface area (Å²) in [6.07, 6.45) is 1.42. The van der Waals surface area contributed by atoms with Crippen LogP contribution in [-0.2, 0) is 9.59 Å². The molecule has 3 N–H and O–H groups in total. The Kier molecular flexibility index (Phi) is 5.20. The van der Waals surface area contributed by atoms with Gasteiger partial charge < -0.3 is 15.7 Å². The van der Waals surface area contributed by atoms with Crippen LogP contribution in [0.4, 0.5) is 0 Å². The third-order valence-electron chi connectivity index (χ3n) is 3.74. The van der Waals surface area contributed by atoms with Gasteiger partial charge in [0.15, 0.2) is 6.04 Å². The highest BCUT2D eigenvalue weighted by Crippen LogP contribution is 2.24. The number of carbonyl (C=O) groups is 2. The monoisotopic (exact) mass is 310 g/mol. The van der Waals surface area contributed by atoms with Gasteiger partial charge in [-0.05, 0) is 32.4 Å². The van der Waals surface area contributed by atoms with Crippen LogP contribution in [0.2, 0.25) is 5.02 Å². The summed E-state index contributed by atoms with van der Waals surface area (Å²) in [4.78, 5) is 23.7. The molecule has 0 spiro atoms. The van der Waals surface area contributed by atoms with Gasteiger partial charge in [0.1, 0.15) is 0 Å². The number of nitrogens with one attached hydrogen (secondary N) is 2. The minimum Gasteiger partial charge on any atom is -0.479 e. The van der Waals surface area contributed by atoms with E-state index in [1.165, 1.54) is 0 Å². The number of aliphatic carboxylic acids is 1. The van der Waals surface area contributed by atoms with E-state index in [0.717, 1.165) is 6.54 Å². The molecule has 1 aliphatic heterocycles. The number of hydrogen-bond acceptors (Lipinski definition) is 3. The van der Waals surface area contributed by atoms with Crippen molar-refractivity contribution in [1.29, 1.82) is 0 Å². The molecule has 1 aromatic rings. The molecule has 0 aliphatic carbocycles. The normalized spacial score (nSPS) is 23.3. The van der Waals surface area contributed by atoms with Crippen LogP contribution in [0.15, 0.2) is 24.3 Å². The van der Waals surface area contributed by atoms with Crippen LogP contribution in [0, 0.1) is 5.92 Å². The first kappa shape index (κ1) is 15.8. The van der Waals surface area contributed by atoms with Crippen LogP contribution in [0.1, 0.15) is 31.4 Å². The van der Waals surface area contributed by atoms with Crippen LogP contribution in [0.3, 0.4) is 0 Å². The molecule has 1 heterocycles. The van der Waals surface area contributed by atoms with Crippen molar-refractivity contribution in [3.05, 3.63) is 34.9 Å². The predicted octanol–water partition coefficient (Wildman–Crippen LogP) is 1.97. The minimum absolute atomic E-state index is 0.161. The minimum atomic E-state index is -1.11. The summed E-state index contributed by atoms with van der Waals surface area (Å²) < 4.78 is 0. The highest BCUT2D eigenvalue weighted by Gasteiger charge is 2.30. The molecule has 21 heavy (non-hydrogen) atoms. The van der Waals surface area contributed by atoms with E-state index >= 15 is 0 Å². The van der Waals surface area contributed by atoms with Crippen LogP contribution < -0.4 is 10.6 Å². The topological polar surface area (TPSA) is 78.4 Å². The van der Waals surface area contributed by atoms with Crippen LogP contribution in [-0.4, -0.2) is 29.6 Å². The van der Waals surface area contributed by atoms with E-state index in [1.807, 2.05) is 6.92 Å². The third-order valence-corrected chi connectivity index (χ3v) is 4.09. The van der Waals surface area contributed by atoms with Gasteiger partial charge in [-0.1, -0.05) is 29.8 Å². The zero-order valence-electron chi connectivity index (χ0n) is 11.8. The van der Waals surface area contributed by atoms with Crippen molar-refractivity contribution in [3.8, 4) is 0 Å². The molecule has 1 aliphatic rings. The lowest BCUT2D eigenvalue weighted by molar-refractivity contribution is -0.142. The number of carbonyl (C=O) groups excluding carboxylic acids is 1. The molecule has 6 heteroatoms. The highest BCUT2D eigenvalue weighted by molar-refractivity contribution is 6.31. The number of rotatable bonds is 4. The molecule has 0 radical (unpaired) electrons. The maximum absolute atomic E-state index is 12.3. The summed E-state index contributed by atoms with van der Waals surface area (Å²) in [7, 11) is 0. The van der Waals surface area contributed by atoms with Crippen molar-refractivity contribution in [2.24, 2.45) is 5.92 Å². The predicted molar refractivity (Wildman–Crippen MR) is 80.2 cm³/mol. The van der Waals surface area contributed by atoms with Crippen molar-refractivity contribution in [2.45, 2.75) is 31.8 Å². The number of hydrogen-bond donors (Lipinski definition) is 3. The lowest BCUT2D eigenvalue weighted by atomic mass is 9.92. The van der Waals surface area contributed by atoms with Gasteiger partial charge in [0.2, 0.25) is 5.91 Å². The second-order valence-corrected chi connectivity index (χ2v) is 5.79. The smallest absolute Gasteiger partial charge is 0.330 e. The molecular formula is C15H19ClN2O3. The summed E-state index contributed by atoms with van der Waals surface area (Å²) in [6, 6.07) is 5.81. The van der Waals surface area contributed by atoms with Crippen LogP contribution in [0.5, 0.6) is 0 Å². The summed E-state index contributed by atoms with van der Waals surface area (Å²) in [5.41, 5.74) is 0.405. The Morgan fingerprint density at radius 3 is 2.76 bits per heavy atom. The van der Waals surface area contributed by atoms with E-state index in [4.69, 9.17) is 11.6 Å². The molecule has 0 aromatic heterocycles. The van der Waals surface area contributed by atoms with Crippen molar-refractivity contribution in [3.63, 3.8) is 0 Å². The molecule has 114 valence electrons. The lowest BCUT2D eigenvalue weighted by Crippen LogP contribution is -2.44. The Hall–Kier alpha value is -1.59. The molecule has 2 rings (SSSR count). The first-order valence-electron chi connectivity index (χ1n) is 7.00. The summed E-state index contributed by atoms with van der Waals surface area (Å²) >= 11 is 6.03. The van der Waals surface area contributed by atoms with E-state index in [9.17, 15) is 14.7 Å². The number of carboxylic acids is 1.